The number of likely N-dealkylation sites (tertiary alicyclic amines) is 1. The largest absolute Gasteiger partial charge is 0.355 e. The van der Waals surface area contributed by atoms with Crippen LogP contribution < -0.4 is 10.6 Å². The predicted molar refractivity (Wildman–Crippen MR) is 153 cm³/mol. The molecule has 39 heavy (non-hydrogen) atoms. The van der Waals surface area contributed by atoms with Gasteiger partial charge in [0.25, 0.3) is 0 Å². The molecule has 4 aromatic rings. The van der Waals surface area contributed by atoms with Crippen molar-refractivity contribution in [3.05, 3.63) is 95.6 Å². The van der Waals surface area contributed by atoms with Crippen LogP contribution in [0.15, 0.2) is 73.2 Å². The quantitative estimate of drug-likeness (QED) is 0.319. The average molecular weight is 522 g/mol. The smallest absolute Gasteiger partial charge is 0.228 e. The third-order valence-electron chi connectivity index (χ3n) is 8.10. The lowest BCUT2D eigenvalue weighted by Crippen LogP contribution is -2.49. The van der Waals surface area contributed by atoms with E-state index in [0.717, 1.165) is 24.2 Å². The van der Waals surface area contributed by atoms with Crippen LogP contribution in [0.4, 0.5) is 5.69 Å². The summed E-state index contributed by atoms with van der Waals surface area (Å²) in [4.78, 5) is 36.1. The summed E-state index contributed by atoms with van der Waals surface area (Å²) in [7, 11) is 0. The highest BCUT2D eigenvalue weighted by Crippen LogP contribution is 2.28. The average Bonchev–Trinajstić information content (AvgIpc) is 3.65. The summed E-state index contributed by atoms with van der Waals surface area (Å²) >= 11 is 0. The summed E-state index contributed by atoms with van der Waals surface area (Å²) < 4.78 is 0. The zero-order valence-electron chi connectivity index (χ0n) is 22.2. The first-order valence-corrected chi connectivity index (χ1v) is 14.0. The fraction of sp³-hybridized carbons (Fsp3) is 0.344. The Morgan fingerprint density at radius 1 is 0.923 bits per heavy atom. The summed E-state index contributed by atoms with van der Waals surface area (Å²) in [5.41, 5.74) is 5.76. The van der Waals surface area contributed by atoms with Gasteiger partial charge in [-0.05, 0) is 71.3 Å². The minimum absolute atomic E-state index is 0.00746. The van der Waals surface area contributed by atoms with Crippen molar-refractivity contribution in [1.82, 2.24) is 20.2 Å². The monoisotopic (exact) mass is 521 g/mol. The second-order valence-electron chi connectivity index (χ2n) is 10.9. The number of imidazole rings is 1. The van der Waals surface area contributed by atoms with Crippen molar-refractivity contribution in [3.63, 3.8) is 0 Å². The Labute approximate surface area is 229 Å². The number of benzene rings is 3. The summed E-state index contributed by atoms with van der Waals surface area (Å²) in [6, 6.07) is 21.1. The van der Waals surface area contributed by atoms with E-state index in [1.165, 1.54) is 33.9 Å². The number of H-pyrrole nitrogens is 1. The maximum Gasteiger partial charge on any atom is 0.228 e. The second kappa shape index (κ2) is 11.4. The Bertz CT molecular complexity index is 1460. The maximum atomic E-state index is 13.5. The molecule has 2 aliphatic rings. The van der Waals surface area contributed by atoms with Gasteiger partial charge >= 0.3 is 0 Å². The number of hydrogen-bond donors (Lipinski definition) is 3. The lowest BCUT2D eigenvalue weighted by Gasteiger charge is -2.36. The van der Waals surface area contributed by atoms with E-state index >= 15 is 0 Å². The number of carbonyl (C=O) groups is 2. The highest BCUT2D eigenvalue weighted by molar-refractivity contribution is 5.93. The molecule has 1 aromatic heterocycles. The molecule has 0 radical (unpaired) electrons. The molecule has 0 unspecified atom stereocenters. The molecule has 0 bridgehead atoms. The van der Waals surface area contributed by atoms with Gasteiger partial charge in [-0.1, -0.05) is 42.5 Å². The van der Waals surface area contributed by atoms with E-state index < -0.39 is 0 Å². The molecular formula is C32H35N5O2. The molecule has 3 N–H and O–H groups in total. The Kier molecular flexibility index (Phi) is 7.41. The van der Waals surface area contributed by atoms with Gasteiger partial charge in [0.2, 0.25) is 11.8 Å². The van der Waals surface area contributed by atoms with Crippen LogP contribution in [0, 0.1) is 11.8 Å². The number of aromatic nitrogens is 2. The van der Waals surface area contributed by atoms with Crippen LogP contribution in [0.2, 0.25) is 0 Å². The molecule has 6 rings (SSSR count). The lowest BCUT2D eigenvalue weighted by atomic mass is 9.87. The van der Waals surface area contributed by atoms with Crippen molar-refractivity contribution in [2.75, 3.05) is 25.0 Å². The molecule has 1 aliphatic carbocycles. The number of piperidine rings is 1. The number of rotatable bonds is 8. The first-order chi connectivity index (χ1) is 19.1. The fourth-order valence-electron chi connectivity index (χ4n) is 6.07. The number of hydrogen-bond acceptors (Lipinski definition) is 4. The second-order valence-corrected chi connectivity index (χ2v) is 10.9. The number of aryl methyl sites for hydroxylation is 2. The molecule has 1 aliphatic heterocycles. The van der Waals surface area contributed by atoms with E-state index in [0.29, 0.717) is 39.0 Å². The van der Waals surface area contributed by atoms with E-state index in [1.54, 1.807) is 12.5 Å². The molecular weight excluding hydrogens is 486 g/mol. The number of nitrogens with zero attached hydrogens (tertiary/aromatic N) is 2. The van der Waals surface area contributed by atoms with Crippen LogP contribution in [0.1, 0.15) is 35.2 Å². The standard InChI is InChI=1S/C32H35N5O2/c38-31(34-13-12-30-17-33-21-35-30)27-15-28(32(39)36-29-11-10-24-6-3-7-26(24)16-29)20-37(19-27)18-22-8-9-23-4-1-2-5-25(23)14-22/h1-2,4-5,8-11,14,16-17,21,27-28H,3,6-7,12-13,15,18-20H2,(H,33,35)(H,34,38)(H,36,39)/t27-,28+/m0/s1. The first-order valence-electron chi connectivity index (χ1n) is 14.0. The van der Waals surface area contributed by atoms with Crippen molar-refractivity contribution in [2.24, 2.45) is 11.8 Å². The van der Waals surface area contributed by atoms with Crippen molar-refractivity contribution < 1.29 is 9.59 Å². The highest BCUT2D eigenvalue weighted by atomic mass is 16.2. The molecule has 2 heterocycles. The van der Waals surface area contributed by atoms with Crippen LogP contribution >= 0.6 is 0 Å². The van der Waals surface area contributed by atoms with Gasteiger partial charge in [-0.25, -0.2) is 4.98 Å². The van der Waals surface area contributed by atoms with Crippen LogP contribution in [-0.4, -0.2) is 46.3 Å². The minimum atomic E-state index is -0.268. The van der Waals surface area contributed by atoms with Crippen molar-refractivity contribution in [2.45, 2.75) is 38.6 Å². The molecule has 1 fully saturated rings. The van der Waals surface area contributed by atoms with Gasteiger partial charge in [0.05, 0.1) is 18.2 Å². The summed E-state index contributed by atoms with van der Waals surface area (Å²) in [5, 5.41) is 8.66. The van der Waals surface area contributed by atoms with Gasteiger partial charge in [-0.3, -0.25) is 14.5 Å². The van der Waals surface area contributed by atoms with Gasteiger partial charge in [0.1, 0.15) is 0 Å². The maximum absolute atomic E-state index is 13.5. The highest BCUT2D eigenvalue weighted by Gasteiger charge is 2.35. The van der Waals surface area contributed by atoms with Crippen LogP contribution in [0.25, 0.3) is 10.8 Å². The van der Waals surface area contributed by atoms with Gasteiger partial charge in [-0.15, -0.1) is 0 Å². The minimum Gasteiger partial charge on any atom is -0.355 e. The Morgan fingerprint density at radius 2 is 1.74 bits per heavy atom. The molecule has 2 amide bonds. The van der Waals surface area contributed by atoms with E-state index in [2.05, 4.69) is 74.0 Å². The van der Waals surface area contributed by atoms with Crippen molar-refractivity contribution in [1.29, 1.82) is 0 Å². The molecule has 7 nitrogen and oxygen atoms in total. The Morgan fingerprint density at radius 3 is 2.59 bits per heavy atom. The summed E-state index contributed by atoms with van der Waals surface area (Å²) in [6.07, 6.45) is 8.03. The van der Waals surface area contributed by atoms with E-state index in [9.17, 15) is 9.59 Å². The fourth-order valence-corrected chi connectivity index (χ4v) is 6.07. The first kappa shape index (κ1) is 25.3. The molecule has 0 spiro atoms. The molecule has 0 saturated carbocycles. The molecule has 1 saturated heterocycles. The predicted octanol–water partition coefficient (Wildman–Crippen LogP) is 4.49. The van der Waals surface area contributed by atoms with Crippen molar-refractivity contribution >= 4 is 28.3 Å². The van der Waals surface area contributed by atoms with Crippen LogP contribution in [-0.2, 0) is 35.4 Å². The van der Waals surface area contributed by atoms with Crippen molar-refractivity contribution in [3.8, 4) is 0 Å². The van der Waals surface area contributed by atoms with Crippen LogP contribution in [0.3, 0.4) is 0 Å². The summed E-state index contributed by atoms with van der Waals surface area (Å²) in [6.45, 7) is 2.49. The van der Waals surface area contributed by atoms with Gasteiger partial charge in [0.15, 0.2) is 0 Å². The van der Waals surface area contributed by atoms with Gasteiger partial charge in [-0.2, -0.15) is 0 Å². The number of anilines is 1. The molecule has 2 atom stereocenters. The third-order valence-corrected chi connectivity index (χ3v) is 8.10. The van der Waals surface area contributed by atoms with Gasteiger partial charge < -0.3 is 15.6 Å². The topological polar surface area (TPSA) is 90.1 Å². The summed E-state index contributed by atoms with van der Waals surface area (Å²) in [5.74, 6) is -0.521. The molecule has 200 valence electrons. The SMILES string of the molecule is O=C(NCCc1cnc[nH]1)[C@H]1C[C@@H](C(=O)Nc2ccc3c(c2)CCC3)CN(Cc2ccc3ccccc3c2)C1. The lowest BCUT2D eigenvalue weighted by molar-refractivity contribution is -0.130. The zero-order chi connectivity index (χ0) is 26.6. The number of carbonyl (C=O) groups excluding carboxylic acids is 2. The van der Waals surface area contributed by atoms with E-state index in [-0.39, 0.29) is 23.7 Å². The van der Waals surface area contributed by atoms with E-state index in [1.807, 2.05) is 12.1 Å². The number of fused-ring (bicyclic) bond motifs is 2. The molecule has 3 aromatic carbocycles. The number of amides is 2. The number of nitrogens with one attached hydrogen (secondary N) is 3. The van der Waals surface area contributed by atoms with Crippen LogP contribution in [0.5, 0.6) is 0 Å². The van der Waals surface area contributed by atoms with E-state index in [4.69, 9.17) is 0 Å². The number of aromatic amines is 1. The molecule has 7 heteroatoms. The normalized spacial score (nSPS) is 19.1. The third kappa shape index (κ3) is 6.04. The Balaban J connectivity index is 1.16. The van der Waals surface area contributed by atoms with Gasteiger partial charge in [0, 0.05) is 50.2 Å². The zero-order valence-corrected chi connectivity index (χ0v) is 22.2. The Hall–Kier alpha value is -3.97.